The zero-order valence-corrected chi connectivity index (χ0v) is 49.2. The molecule has 5 aromatic rings. The van der Waals surface area contributed by atoms with Crippen molar-refractivity contribution in [2.75, 3.05) is 66.9 Å². The van der Waals surface area contributed by atoms with E-state index in [9.17, 15) is 38.4 Å². The van der Waals surface area contributed by atoms with Gasteiger partial charge < -0.3 is 44.9 Å². The molecule has 0 radical (unpaired) electrons. The molecule has 1 saturated heterocycles. The Morgan fingerprint density at radius 1 is 0.679 bits per heavy atom. The molecule has 0 aliphatic carbocycles. The number of hydrogen-bond acceptors (Lipinski definition) is 14. The molecule has 0 bridgehead atoms. The van der Waals surface area contributed by atoms with E-state index >= 15 is 0 Å². The second kappa shape index (κ2) is 26.2. The average Bonchev–Trinajstić information content (AvgIpc) is 4.31. The molecule has 5 aromatic carbocycles. The number of carbonyl (C=O) groups excluding carboxylic acids is 8. The third kappa shape index (κ3) is 13.4. The van der Waals surface area contributed by atoms with Crippen molar-refractivity contribution < 1.29 is 52.6 Å². The van der Waals surface area contributed by atoms with Crippen LogP contribution in [0.15, 0.2) is 91.0 Å². The third-order valence-corrected chi connectivity index (χ3v) is 17.5. The van der Waals surface area contributed by atoms with Gasteiger partial charge in [-0.05, 0) is 102 Å². The van der Waals surface area contributed by atoms with Gasteiger partial charge in [-0.3, -0.25) is 43.3 Å². The topological polar surface area (TPSA) is 213 Å². The Morgan fingerprint density at radius 2 is 1.31 bits per heavy atom. The summed E-state index contributed by atoms with van der Waals surface area (Å²) in [6.07, 6.45) is 2.58. The van der Waals surface area contributed by atoms with Gasteiger partial charge in [0, 0.05) is 101 Å². The Labute approximate surface area is 494 Å². The number of ketones is 2. The minimum absolute atomic E-state index is 0.00457. The molecule has 440 valence electrons. The van der Waals surface area contributed by atoms with Crippen LogP contribution in [0.25, 0.3) is 0 Å². The molecule has 10 rings (SSSR count). The van der Waals surface area contributed by atoms with E-state index in [2.05, 4.69) is 46.8 Å². The van der Waals surface area contributed by atoms with E-state index in [0.29, 0.717) is 65.4 Å². The van der Waals surface area contributed by atoms with Crippen molar-refractivity contribution in [2.24, 2.45) is 5.92 Å². The fraction of sp³-hybridized carbons (Fsp3) is 0.415. The van der Waals surface area contributed by atoms with Crippen LogP contribution >= 0.6 is 11.8 Å². The van der Waals surface area contributed by atoms with Crippen LogP contribution in [0.4, 0.5) is 22.7 Å². The summed E-state index contributed by atoms with van der Waals surface area (Å²) in [6, 6.07) is 29.4. The fourth-order valence-corrected chi connectivity index (χ4v) is 12.9. The number of Topliss-reactive ketones (excluding diaryl/α,β-unsaturated/α-hetero) is 2. The standard InChI is InChI=1S/C65H73N7O11S/c1-39(2)20-21-66-60(75)19-17-49(74)34-68-61(76)18-16-48(73)13-10-22-70-62(77)32-59(65(70)80)84-38-43-25-41(36-82-56-30-52-50(23-40(56)3)63(78)71-46(33-67-52)27-44-11-6-8-14-53(44)71)24-42(26-43)37-83-58-31-55-51(29-57(58)81-5)64(79)72-47(35-69(55)4)28-45-12-7-9-15-54(45)72/h6-9,11-12,14-15,23-26,29-31,39,46-47,59,67H,10,13,16-22,27-28,32-38H2,1-5H3,(H,66,75)(H,68,76)/t46-,47-,59?/m0/s1. The number of likely N-dealkylation sites (N-methyl/N-ethyl adjacent to an activating group) is 1. The summed E-state index contributed by atoms with van der Waals surface area (Å²) in [7, 11) is 3.53. The van der Waals surface area contributed by atoms with Crippen molar-refractivity contribution >= 4 is 81.5 Å². The number of ether oxygens (including phenoxy) is 3. The first-order chi connectivity index (χ1) is 40.5. The van der Waals surface area contributed by atoms with Gasteiger partial charge in [0.25, 0.3) is 11.8 Å². The van der Waals surface area contributed by atoms with Gasteiger partial charge in [0.05, 0.1) is 53.5 Å². The molecule has 0 spiro atoms. The quantitative estimate of drug-likeness (QED) is 0.0469. The smallest absolute Gasteiger partial charge is 0.260 e. The van der Waals surface area contributed by atoms with Gasteiger partial charge in [-0.25, -0.2) is 0 Å². The van der Waals surface area contributed by atoms with Gasteiger partial charge in [-0.15, -0.1) is 11.8 Å². The van der Waals surface area contributed by atoms with Crippen LogP contribution in [0.5, 0.6) is 17.2 Å². The summed E-state index contributed by atoms with van der Waals surface area (Å²) in [5.74, 6) is 0.368. The number of nitrogens with zero attached hydrogens (tertiary/aromatic N) is 4. The highest BCUT2D eigenvalue weighted by Crippen LogP contribution is 2.43. The van der Waals surface area contributed by atoms with E-state index in [-0.39, 0.29) is 124 Å². The van der Waals surface area contributed by atoms with Crippen molar-refractivity contribution in [3.05, 3.63) is 136 Å². The Hall–Kier alpha value is -8.19. The minimum atomic E-state index is -0.645. The van der Waals surface area contributed by atoms with E-state index in [1.807, 2.05) is 96.6 Å². The van der Waals surface area contributed by atoms with Crippen LogP contribution in [0.3, 0.4) is 0 Å². The number of rotatable bonds is 25. The lowest BCUT2D eigenvalue weighted by atomic mass is 10.1. The Bertz CT molecular complexity index is 3400. The zero-order valence-electron chi connectivity index (χ0n) is 48.4. The Balaban J connectivity index is 0.782. The molecule has 1 unspecified atom stereocenters. The van der Waals surface area contributed by atoms with Gasteiger partial charge in [0.2, 0.25) is 23.6 Å². The molecule has 84 heavy (non-hydrogen) atoms. The summed E-state index contributed by atoms with van der Waals surface area (Å²) in [6.45, 7) is 7.91. The van der Waals surface area contributed by atoms with Crippen LogP contribution in [0.1, 0.15) is 119 Å². The molecule has 3 atom stereocenters. The highest BCUT2D eigenvalue weighted by Gasteiger charge is 2.41. The Kier molecular flexibility index (Phi) is 18.4. The average molecular weight is 1160 g/mol. The van der Waals surface area contributed by atoms with Crippen molar-refractivity contribution in [3.63, 3.8) is 0 Å². The molecule has 5 heterocycles. The summed E-state index contributed by atoms with van der Waals surface area (Å²) in [5, 5.41) is 8.19. The molecule has 19 heteroatoms. The predicted octanol–water partition coefficient (Wildman–Crippen LogP) is 8.30. The molecular weight excluding hydrogens is 1090 g/mol. The van der Waals surface area contributed by atoms with E-state index in [1.54, 1.807) is 13.2 Å². The van der Waals surface area contributed by atoms with Gasteiger partial charge in [-0.1, -0.05) is 62.4 Å². The number of likely N-dealkylation sites (tertiary alicyclic amines) is 1. The van der Waals surface area contributed by atoms with Crippen LogP contribution in [0.2, 0.25) is 0 Å². The Morgan fingerprint density at radius 3 is 2.01 bits per heavy atom. The van der Waals surface area contributed by atoms with E-state index in [1.165, 1.54) is 16.7 Å². The number of amides is 6. The molecule has 3 N–H and O–H groups in total. The molecule has 5 aliphatic rings. The monoisotopic (exact) mass is 1160 g/mol. The number of fused-ring (bicyclic) bond motifs is 8. The maximum absolute atomic E-state index is 14.3. The molecule has 0 saturated carbocycles. The summed E-state index contributed by atoms with van der Waals surface area (Å²) < 4.78 is 19.1. The fourth-order valence-electron chi connectivity index (χ4n) is 11.8. The molecule has 18 nitrogen and oxygen atoms in total. The van der Waals surface area contributed by atoms with Crippen molar-refractivity contribution in [1.82, 2.24) is 15.5 Å². The van der Waals surface area contributed by atoms with Crippen molar-refractivity contribution in [1.29, 1.82) is 0 Å². The van der Waals surface area contributed by atoms with Gasteiger partial charge >= 0.3 is 0 Å². The number of hydrogen-bond donors (Lipinski definition) is 3. The lowest BCUT2D eigenvalue weighted by Crippen LogP contribution is -2.41. The summed E-state index contributed by atoms with van der Waals surface area (Å²) in [4.78, 5) is 112. The van der Waals surface area contributed by atoms with E-state index in [4.69, 9.17) is 14.2 Å². The largest absolute Gasteiger partial charge is 0.493 e. The molecule has 0 aromatic heterocycles. The normalized spacial score (nSPS) is 17.6. The van der Waals surface area contributed by atoms with Crippen LogP contribution in [0, 0.1) is 12.8 Å². The number of nitrogens with one attached hydrogen (secondary N) is 3. The van der Waals surface area contributed by atoms with Crippen LogP contribution in [-0.2, 0) is 60.6 Å². The van der Waals surface area contributed by atoms with E-state index < -0.39 is 11.2 Å². The highest BCUT2D eigenvalue weighted by atomic mass is 32.2. The molecule has 5 aliphatic heterocycles. The zero-order chi connectivity index (χ0) is 59.2. The SMILES string of the molecule is COc1cc2c(cc1OCc1cc(COc3cc4c(cc3C)C(=O)N3c5ccccc5C[C@H]3CN4)cc(CSC3CC(=O)N(CCCC(=O)CCC(=O)NCC(=O)CCC(=O)NCCC(C)C)C3=O)c1)N(C)C[C@@H]1Cc3ccccc3N1C2=O. The second-order valence-corrected chi connectivity index (χ2v) is 24.1. The number of methoxy groups -OCH3 is 1. The minimum Gasteiger partial charge on any atom is -0.493 e. The van der Waals surface area contributed by atoms with Crippen molar-refractivity contribution in [2.45, 2.75) is 121 Å². The number of thioether (sulfide) groups is 1. The van der Waals surface area contributed by atoms with E-state index in [0.717, 1.165) is 69.7 Å². The number of aryl methyl sites for hydroxylation is 1. The van der Waals surface area contributed by atoms with Crippen LogP contribution < -0.4 is 44.9 Å². The molecule has 1 fully saturated rings. The lowest BCUT2D eigenvalue weighted by Gasteiger charge is -2.25. The first-order valence-electron chi connectivity index (χ1n) is 29.1. The number of anilines is 4. The molecule has 6 amide bonds. The first-order valence-corrected chi connectivity index (χ1v) is 30.1. The van der Waals surface area contributed by atoms with Crippen LogP contribution in [-0.4, -0.2) is 116 Å². The maximum Gasteiger partial charge on any atom is 0.260 e. The number of para-hydroxylation sites is 2. The van der Waals surface area contributed by atoms with Gasteiger partial charge in [0.15, 0.2) is 17.3 Å². The first kappa shape index (κ1) is 59.0. The summed E-state index contributed by atoms with van der Waals surface area (Å²) in [5.41, 5.74) is 9.97. The summed E-state index contributed by atoms with van der Waals surface area (Å²) >= 11 is 1.36. The maximum atomic E-state index is 14.3. The number of benzene rings is 5. The third-order valence-electron chi connectivity index (χ3n) is 16.2. The number of carbonyl (C=O) groups is 8. The lowest BCUT2D eigenvalue weighted by molar-refractivity contribution is -0.138. The second-order valence-electron chi connectivity index (χ2n) is 22.9. The highest BCUT2D eigenvalue weighted by molar-refractivity contribution is 7.99. The van der Waals surface area contributed by atoms with Gasteiger partial charge in [0.1, 0.15) is 24.7 Å². The number of imide groups is 1. The predicted molar refractivity (Wildman–Crippen MR) is 322 cm³/mol. The molecular formula is C65H73N7O11S. The van der Waals surface area contributed by atoms with Crippen molar-refractivity contribution in [3.8, 4) is 17.2 Å². The van der Waals surface area contributed by atoms with Gasteiger partial charge in [-0.2, -0.15) is 0 Å².